The lowest BCUT2D eigenvalue weighted by Crippen LogP contribution is -2.20. The predicted molar refractivity (Wildman–Crippen MR) is 452 cm³/mol. The quantitative estimate of drug-likeness (QED) is 0.156. The number of rotatable bonds is 6. The summed E-state index contributed by atoms with van der Waals surface area (Å²) in [5.41, 5.74) is 30.7. The van der Waals surface area contributed by atoms with Crippen molar-refractivity contribution >= 4 is 0 Å². The lowest BCUT2D eigenvalue weighted by atomic mass is 9.76. The van der Waals surface area contributed by atoms with Gasteiger partial charge in [0.05, 0.1) is 0 Å². The van der Waals surface area contributed by atoms with Gasteiger partial charge in [0.25, 0.3) is 0 Å². The SMILES string of the molecule is CC(C)(C)c1cc(C(C)(C)C)cc(C(C)(C)C)c1.CC(C)Cc1cc(CC(C)C)cc(C(C)(C)C)c1.CC(C)c1cc(C(C)C)cc(C(C)(C)C)c1.Cc1cc(C)cc(C(C)(C)C)c1.Cc1cc(C)cc(C(C)(C)C)c1.Cc1ccc(C(C)(C)C)cc1.Cc1ccc(C)c(C(C)(C)C)c1. The topological polar surface area (TPSA) is 0 Å². The smallest absolute Gasteiger partial charge is 0.0129 e. The van der Waals surface area contributed by atoms with Crippen LogP contribution in [0.3, 0.4) is 0 Å². The summed E-state index contributed by atoms with van der Waals surface area (Å²) >= 11 is 0. The summed E-state index contributed by atoms with van der Waals surface area (Å²) < 4.78 is 0. The van der Waals surface area contributed by atoms with Gasteiger partial charge in [-0.05, 0) is 212 Å². The van der Waals surface area contributed by atoms with Crippen LogP contribution in [0.5, 0.6) is 0 Å². The highest BCUT2D eigenvalue weighted by Crippen LogP contribution is 2.36. The first-order chi connectivity index (χ1) is 44.4. The van der Waals surface area contributed by atoms with E-state index in [-0.39, 0.29) is 48.7 Å². The van der Waals surface area contributed by atoms with Crippen molar-refractivity contribution < 1.29 is 0 Å². The molecule has 7 aromatic rings. The molecule has 7 aromatic carbocycles. The van der Waals surface area contributed by atoms with E-state index in [0.29, 0.717) is 11.8 Å². The summed E-state index contributed by atoms with van der Waals surface area (Å²) in [6.45, 7) is 94.7. The third-order valence-corrected chi connectivity index (χ3v) is 18.2. The van der Waals surface area contributed by atoms with Crippen LogP contribution in [0.1, 0.15) is 365 Å². The van der Waals surface area contributed by atoms with Gasteiger partial charge in [0.1, 0.15) is 0 Å². The maximum Gasteiger partial charge on any atom is -0.0129 e. The van der Waals surface area contributed by atoms with Crippen molar-refractivity contribution in [2.45, 2.75) is 364 Å². The van der Waals surface area contributed by atoms with Gasteiger partial charge in [-0.25, -0.2) is 0 Å². The molecule has 0 heterocycles. The molecule has 0 atom stereocenters. The highest BCUT2D eigenvalue weighted by Gasteiger charge is 2.25. The first kappa shape index (κ1) is 91.6. The number of hydrogen-bond donors (Lipinski definition) is 0. The largest absolute Gasteiger partial charge is 0.0625 e. The zero-order valence-corrected chi connectivity index (χ0v) is 72.9. The van der Waals surface area contributed by atoms with Gasteiger partial charge in [0, 0.05) is 0 Å². The molecular formula is C99H156. The summed E-state index contributed by atoms with van der Waals surface area (Å²) in [6, 6.07) is 50.4. The fourth-order valence-corrected chi connectivity index (χ4v) is 11.5. The molecular weight excluding hydrogens is 1190 g/mol. The van der Waals surface area contributed by atoms with Crippen LogP contribution >= 0.6 is 0 Å². The highest BCUT2D eigenvalue weighted by atomic mass is 14.3. The van der Waals surface area contributed by atoms with E-state index < -0.39 is 0 Å². The lowest BCUT2D eigenvalue weighted by Gasteiger charge is -2.29. The van der Waals surface area contributed by atoms with Crippen LogP contribution in [0.2, 0.25) is 0 Å². The molecule has 0 aromatic heterocycles. The molecule has 0 fully saturated rings. The zero-order chi connectivity index (χ0) is 77.3. The molecule has 0 aliphatic carbocycles. The van der Waals surface area contributed by atoms with Crippen LogP contribution in [0, 0.1) is 60.3 Å². The van der Waals surface area contributed by atoms with Crippen molar-refractivity contribution in [2.24, 2.45) is 11.8 Å². The molecule has 99 heavy (non-hydrogen) atoms. The molecule has 0 spiro atoms. The molecule has 0 heteroatoms. The molecule has 552 valence electrons. The minimum absolute atomic E-state index is 0.210. The molecule has 0 aliphatic heterocycles. The van der Waals surface area contributed by atoms with E-state index in [2.05, 4.69) is 424 Å². The van der Waals surface area contributed by atoms with Gasteiger partial charge in [-0.2, -0.15) is 0 Å². The van der Waals surface area contributed by atoms with Crippen molar-refractivity contribution in [2.75, 3.05) is 0 Å². The fourth-order valence-electron chi connectivity index (χ4n) is 11.5. The Morgan fingerprint density at radius 2 is 0.465 bits per heavy atom. The minimum atomic E-state index is 0.210. The second-order valence-electron chi connectivity index (χ2n) is 40.4. The summed E-state index contributed by atoms with van der Waals surface area (Å²) in [6.07, 6.45) is 2.38. The summed E-state index contributed by atoms with van der Waals surface area (Å²) in [7, 11) is 0. The van der Waals surface area contributed by atoms with E-state index >= 15 is 0 Å². The third-order valence-electron chi connectivity index (χ3n) is 18.2. The van der Waals surface area contributed by atoms with Gasteiger partial charge in [-0.15, -0.1) is 0 Å². The Bertz CT molecular complexity index is 3290. The molecule has 0 N–H and O–H groups in total. The summed E-state index contributed by atoms with van der Waals surface area (Å²) in [4.78, 5) is 0. The molecule has 0 amide bonds. The van der Waals surface area contributed by atoms with E-state index in [1.807, 2.05) is 0 Å². The van der Waals surface area contributed by atoms with Crippen LogP contribution in [0.15, 0.2) is 133 Å². The Hall–Kier alpha value is -5.46. The molecule has 0 aliphatic rings. The van der Waals surface area contributed by atoms with Crippen molar-refractivity contribution in [3.63, 3.8) is 0 Å². The monoisotopic (exact) mass is 1350 g/mol. The molecule has 0 saturated carbocycles. The van der Waals surface area contributed by atoms with Gasteiger partial charge in [0.2, 0.25) is 0 Å². The van der Waals surface area contributed by atoms with Crippen molar-refractivity contribution in [1.82, 2.24) is 0 Å². The van der Waals surface area contributed by atoms with Crippen LogP contribution in [-0.4, -0.2) is 0 Å². The van der Waals surface area contributed by atoms with Crippen molar-refractivity contribution in [3.8, 4) is 0 Å². The molecule has 0 nitrogen and oxygen atoms in total. The van der Waals surface area contributed by atoms with Crippen LogP contribution in [0.4, 0.5) is 0 Å². The van der Waals surface area contributed by atoms with E-state index in [9.17, 15) is 0 Å². The van der Waals surface area contributed by atoms with Gasteiger partial charge in [-0.3, -0.25) is 0 Å². The number of aryl methyl sites for hydroxylation is 7. The van der Waals surface area contributed by atoms with Gasteiger partial charge in [0.15, 0.2) is 0 Å². The maximum absolute atomic E-state index is 2.41. The minimum Gasteiger partial charge on any atom is -0.0625 e. The molecule has 7 rings (SSSR count). The Kier molecular flexibility index (Phi) is 34.3. The van der Waals surface area contributed by atoms with Crippen molar-refractivity contribution in [1.29, 1.82) is 0 Å². The lowest BCUT2D eigenvalue weighted by molar-refractivity contribution is 0.548. The van der Waals surface area contributed by atoms with E-state index in [0.717, 1.165) is 11.8 Å². The first-order valence-corrected chi connectivity index (χ1v) is 38.2. The first-order valence-electron chi connectivity index (χ1n) is 38.2. The van der Waals surface area contributed by atoms with Crippen LogP contribution < -0.4 is 0 Å². The normalized spacial score (nSPS) is 12.4. The van der Waals surface area contributed by atoms with Gasteiger partial charge >= 0.3 is 0 Å². The third kappa shape index (κ3) is 34.8. The second kappa shape index (κ2) is 37.1. The molecule has 0 bridgehead atoms. The average Bonchev–Trinajstić information content (AvgIpc) is 0.799. The highest BCUT2D eigenvalue weighted by molar-refractivity contribution is 5.42. The van der Waals surface area contributed by atoms with E-state index in [1.165, 1.54) is 124 Å². The standard InChI is InChI=1S/2C18H30.C16H26.3C12H18.C11H16/c1-16(2,3)13-10-14(17(4,5)6)12-15(11-13)18(7,8)9;1-13(2)8-15-10-16(9-14(3)4)12-17(11-15)18(5,6)7;1-11(2)13-8-14(12(3)4)10-15(9-13)16(5,6)7;2*1-9-6-10(2)8-11(7-9)12(3,4)5;1-9-6-7-10(2)11(8-9)12(3,4)5;1-9-5-7-10(8-6-9)11(2,3)4/h10-12H,1-9H3;10-14H,8-9H2,1-7H3;8-12H,1-7H3;3*6-8H,1-5H3;5-8H,1-4H3. The van der Waals surface area contributed by atoms with E-state index in [4.69, 9.17) is 0 Å². The fraction of sp³-hybridized carbons (Fsp3) is 0.576. The van der Waals surface area contributed by atoms with E-state index in [1.54, 1.807) is 0 Å². The van der Waals surface area contributed by atoms with Gasteiger partial charge in [-0.1, -0.05) is 409 Å². The Balaban J connectivity index is 0.000000582. The molecule has 0 radical (unpaired) electrons. The second-order valence-corrected chi connectivity index (χ2v) is 40.4. The number of hydrogen-bond acceptors (Lipinski definition) is 0. The maximum atomic E-state index is 2.41. The number of benzene rings is 7. The van der Waals surface area contributed by atoms with Crippen LogP contribution in [0.25, 0.3) is 0 Å². The molecule has 0 saturated heterocycles. The summed E-state index contributed by atoms with van der Waals surface area (Å²) in [5, 5.41) is 0. The molecule has 0 unspecified atom stereocenters. The van der Waals surface area contributed by atoms with Crippen molar-refractivity contribution in [3.05, 3.63) is 245 Å². The predicted octanol–water partition coefficient (Wildman–Crippen LogP) is 30.3. The zero-order valence-electron chi connectivity index (χ0n) is 72.9. The summed E-state index contributed by atoms with van der Waals surface area (Å²) in [5.74, 6) is 2.68. The van der Waals surface area contributed by atoms with Crippen LogP contribution in [-0.2, 0) is 61.6 Å². The Morgan fingerprint density at radius 1 is 0.212 bits per heavy atom. The Labute approximate surface area is 617 Å². The van der Waals surface area contributed by atoms with Gasteiger partial charge < -0.3 is 0 Å². The Morgan fingerprint density at radius 3 is 0.707 bits per heavy atom. The average molecular weight is 1350 g/mol.